The molecule has 0 fully saturated rings. The number of carbonyl (C=O) groups excluding carboxylic acids is 3. The van der Waals surface area contributed by atoms with Crippen LogP contribution in [0, 0.1) is 0 Å². The van der Waals surface area contributed by atoms with Crippen molar-refractivity contribution in [3.8, 4) is 11.1 Å². The van der Waals surface area contributed by atoms with E-state index in [9.17, 15) is 19.5 Å². The maximum absolute atomic E-state index is 12.9. The highest BCUT2D eigenvalue weighted by molar-refractivity contribution is 5.97. The standard InChI is InChI=1S/C27H28N4O5/c28-26(34)29-14-4-9-24(25(33)30-19-12-10-17(16-32)11-13-19)36-27(35)31-23-8-3-7-21-20-6-2-1-5-18(20)15-22(21)23/h1-3,5-8,10-13,24,32H,4,9,14-16H2,(H,30,33)(H,31,35)(H3,28,29,34). The maximum atomic E-state index is 12.9. The second-order valence-corrected chi connectivity index (χ2v) is 8.46. The first-order chi connectivity index (χ1) is 17.4. The van der Waals surface area contributed by atoms with Crippen LogP contribution in [-0.4, -0.2) is 35.8 Å². The van der Waals surface area contributed by atoms with Gasteiger partial charge in [-0.2, -0.15) is 0 Å². The van der Waals surface area contributed by atoms with Gasteiger partial charge in [0.05, 0.1) is 6.61 Å². The van der Waals surface area contributed by atoms with Gasteiger partial charge in [-0.1, -0.05) is 48.5 Å². The first kappa shape index (κ1) is 24.7. The molecule has 3 aromatic carbocycles. The number of benzene rings is 3. The molecule has 36 heavy (non-hydrogen) atoms. The van der Waals surface area contributed by atoms with Crippen LogP contribution < -0.4 is 21.7 Å². The van der Waals surface area contributed by atoms with Gasteiger partial charge in [0, 0.05) is 24.3 Å². The minimum Gasteiger partial charge on any atom is -0.436 e. The van der Waals surface area contributed by atoms with Gasteiger partial charge in [0.2, 0.25) is 0 Å². The summed E-state index contributed by atoms with van der Waals surface area (Å²) in [6, 6.07) is 19.8. The molecule has 0 aliphatic heterocycles. The quantitative estimate of drug-likeness (QED) is 0.228. The Balaban J connectivity index is 1.44. The molecule has 0 saturated carbocycles. The molecule has 1 aliphatic carbocycles. The van der Waals surface area contributed by atoms with Gasteiger partial charge in [-0.05, 0) is 58.9 Å². The molecule has 0 saturated heterocycles. The number of anilines is 2. The largest absolute Gasteiger partial charge is 0.436 e. The fraction of sp³-hybridized carbons (Fsp3) is 0.222. The molecular weight excluding hydrogens is 460 g/mol. The predicted octanol–water partition coefficient (Wildman–Crippen LogP) is 3.75. The number of aliphatic hydroxyl groups excluding tert-OH is 1. The monoisotopic (exact) mass is 488 g/mol. The molecule has 1 aliphatic rings. The Labute approximate surface area is 208 Å². The summed E-state index contributed by atoms with van der Waals surface area (Å²) in [6.45, 7) is 0.126. The van der Waals surface area contributed by atoms with Crippen molar-refractivity contribution in [2.45, 2.75) is 32.0 Å². The molecule has 4 amide bonds. The van der Waals surface area contributed by atoms with Gasteiger partial charge in [-0.15, -0.1) is 0 Å². The number of hydrogen-bond acceptors (Lipinski definition) is 5. The lowest BCUT2D eigenvalue weighted by Gasteiger charge is -2.19. The number of aliphatic hydroxyl groups is 1. The van der Waals surface area contributed by atoms with E-state index in [4.69, 9.17) is 10.5 Å². The topological polar surface area (TPSA) is 143 Å². The highest BCUT2D eigenvalue weighted by Crippen LogP contribution is 2.40. The van der Waals surface area contributed by atoms with Gasteiger partial charge in [-0.25, -0.2) is 9.59 Å². The minimum absolute atomic E-state index is 0.110. The molecule has 4 rings (SSSR count). The third-order valence-corrected chi connectivity index (χ3v) is 5.98. The SMILES string of the molecule is NC(=O)NCCCC(OC(=O)Nc1cccc2c1Cc1ccccc1-2)C(=O)Nc1ccc(CO)cc1. The van der Waals surface area contributed by atoms with Crippen LogP contribution in [0.5, 0.6) is 0 Å². The summed E-state index contributed by atoms with van der Waals surface area (Å²) >= 11 is 0. The molecule has 0 bridgehead atoms. The van der Waals surface area contributed by atoms with Crippen LogP contribution in [-0.2, 0) is 22.6 Å². The number of amides is 4. The number of urea groups is 1. The van der Waals surface area contributed by atoms with Crippen LogP contribution in [0.3, 0.4) is 0 Å². The molecule has 3 aromatic rings. The van der Waals surface area contributed by atoms with Gasteiger partial charge in [0.15, 0.2) is 6.10 Å². The molecule has 0 aromatic heterocycles. The molecule has 0 heterocycles. The first-order valence-electron chi connectivity index (χ1n) is 11.7. The minimum atomic E-state index is -1.11. The van der Waals surface area contributed by atoms with E-state index in [2.05, 4.69) is 28.1 Å². The van der Waals surface area contributed by atoms with Crippen LogP contribution in [0.1, 0.15) is 29.5 Å². The second-order valence-electron chi connectivity index (χ2n) is 8.46. The normalized spacial score (nSPS) is 12.1. The van der Waals surface area contributed by atoms with E-state index in [-0.39, 0.29) is 19.6 Å². The molecule has 0 spiro atoms. The Kier molecular flexibility index (Phi) is 7.82. The van der Waals surface area contributed by atoms with Gasteiger partial charge in [0.1, 0.15) is 0 Å². The van der Waals surface area contributed by atoms with E-state index < -0.39 is 24.1 Å². The molecular formula is C27H28N4O5. The zero-order valence-corrected chi connectivity index (χ0v) is 19.6. The average molecular weight is 489 g/mol. The maximum Gasteiger partial charge on any atom is 0.412 e. The highest BCUT2D eigenvalue weighted by atomic mass is 16.6. The average Bonchev–Trinajstić information content (AvgIpc) is 3.26. The Morgan fingerprint density at radius 3 is 2.44 bits per heavy atom. The van der Waals surface area contributed by atoms with Crippen molar-refractivity contribution in [1.29, 1.82) is 0 Å². The number of ether oxygens (including phenoxy) is 1. The number of nitrogens with one attached hydrogen (secondary N) is 3. The fourth-order valence-corrected chi connectivity index (χ4v) is 4.20. The van der Waals surface area contributed by atoms with Crippen molar-refractivity contribution in [1.82, 2.24) is 5.32 Å². The van der Waals surface area contributed by atoms with Crippen LogP contribution in [0.25, 0.3) is 11.1 Å². The number of primary amides is 1. The van der Waals surface area contributed by atoms with Gasteiger partial charge >= 0.3 is 12.1 Å². The van der Waals surface area contributed by atoms with Crippen molar-refractivity contribution in [3.05, 3.63) is 83.4 Å². The Bertz CT molecular complexity index is 1260. The third-order valence-electron chi connectivity index (χ3n) is 5.98. The number of rotatable bonds is 9. The van der Waals surface area contributed by atoms with Gasteiger partial charge < -0.3 is 26.2 Å². The van der Waals surface area contributed by atoms with Crippen LogP contribution in [0.15, 0.2) is 66.7 Å². The van der Waals surface area contributed by atoms with E-state index in [1.54, 1.807) is 30.3 Å². The van der Waals surface area contributed by atoms with Crippen LogP contribution >= 0.6 is 0 Å². The molecule has 9 nitrogen and oxygen atoms in total. The van der Waals surface area contributed by atoms with E-state index in [0.29, 0.717) is 29.8 Å². The van der Waals surface area contributed by atoms with E-state index >= 15 is 0 Å². The van der Waals surface area contributed by atoms with Crippen LogP contribution in [0.4, 0.5) is 21.0 Å². The molecule has 6 N–H and O–H groups in total. The summed E-state index contributed by atoms with van der Waals surface area (Å²) in [5.74, 6) is -0.508. The summed E-state index contributed by atoms with van der Waals surface area (Å²) in [5.41, 5.74) is 11.3. The van der Waals surface area contributed by atoms with E-state index in [1.807, 2.05) is 24.3 Å². The van der Waals surface area contributed by atoms with Crippen molar-refractivity contribution in [3.63, 3.8) is 0 Å². The molecule has 1 atom stereocenters. The van der Waals surface area contributed by atoms with Crippen molar-refractivity contribution in [2.75, 3.05) is 17.2 Å². The number of carbonyl (C=O) groups is 3. The summed E-state index contributed by atoms with van der Waals surface area (Å²) in [6.07, 6.45) is -0.626. The Hall–Kier alpha value is -4.37. The number of fused-ring (bicyclic) bond motifs is 3. The van der Waals surface area contributed by atoms with Crippen LogP contribution in [0.2, 0.25) is 0 Å². The second kappa shape index (κ2) is 11.4. The molecule has 9 heteroatoms. The van der Waals surface area contributed by atoms with E-state index in [0.717, 1.165) is 16.7 Å². The number of nitrogens with two attached hydrogens (primary N) is 1. The zero-order chi connectivity index (χ0) is 25.5. The fourth-order valence-electron chi connectivity index (χ4n) is 4.20. The zero-order valence-electron chi connectivity index (χ0n) is 19.6. The van der Waals surface area contributed by atoms with E-state index in [1.165, 1.54) is 5.56 Å². The summed E-state index contributed by atoms with van der Waals surface area (Å²) in [4.78, 5) is 36.7. The Morgan fingerprint density at radius 2 is 1.69 bits per heavy atom. The summed E-state index contributed by atoms with van der Waals surface area (Å²) in [7, 11) is 0. The first-order valence-corrected chi connectivity index (χ1v) is 11.7. The van der Waals surface area contributed by atoms with Gasteiger partial charge in [0.25, 0.3) is 5.91 Å². The molecule has 0 radical (unpaired) electrons. The van der Waals surface area contributed by atoms with Crippen molar-refractivity contribution >= 4 is 29.4 Å². The lowest BCUT2D eigenvalue weighted by molar-refractivity contribution is -0.124. The molecule has 1 unspecified atom stereocenters. The smallest absolute Gasteiger partial charge is 0.412 e. The summed E-state index contributed by atoms with van der Waals surface area (Å²) < 4.78 is 5.53. The van der Waals surface area contributed by atoms with Crippen molar-refractivity contribution in [2.24, 2.45) is 5.73 Å². The lowest BCUT2D eigenvalue weighted by Crippen LogP contribution is -2.36. The highest BCUT2D eigenvalue weighted by Gasteiger charge is 2.25. The Morgan fingerprint density at radius 1 is 0.944 bits per heavy atom. The lowest BCUT2D eigenvalue weighted by atomic mass is 10.1. The molecule has 186 valence electrons. The van der Waals surface area contributed by atoms with Crippen molar-refractivity contribution < 1.29 is 24.2 Å². The number of hydrogen-bond donors (Lipinski definition) is 5. The van der Waals surface area contributed by atoms with Gasteiger partial charge in [-0.3, -0.25) is 10.1 Å². The third kappa shape index (κ3) is 6.00. The summed E-state index contributed by atoms with van der Waals surface area (Å²) in [5, 5.41) is 17.2. The predicted molar refractivity (Wildman–Crippen MR) is 136 cm³/mol.